The van der Waals surface area contributed by atoms with Crippen LogP contribution in [0.25, 0.3) is 0 Å². The zero-order valence-corrected chi connectivity index (χ0v) is 14.4. The van der Waals surface area contributed by atoms with E-state index in [1.807, 2.05) is 0 Å². The molecule has 4 nitrogen and oxygen atoms in total. The highest BCUT2D eigenvalue weighted by Gasteiger charge is 2.45. The zero-order chi connectivity index (χ0) is 18.1. The Hall–Kier alpha value is -2.69. The molecule has 0 aliphatic heterocycles. The average Bonchev–Trinajstić information content (AvgIpc) is 3.42. The second-order valence-electron chi connectivity index (χ2n) is 7.24. The number of carbonyl (C=O) groups is 2. The summed E-state index contributed by atoms with van der Waals surface area (Å²) < 4.78 is 13.2. The number of hydrogen-bond donors (Lipinski definition) is 2. The van der Waals surface area contributed by atoms with Crippen molar-refractivity contribution in [2.75, 3.05) is 10.6 Å². The number of hydrogen-bond acceptors (Lipinski definition) is 2. The van der Waals surface area contributed by atoms with E-state index in [0.29, 0.717) is 5.69 Å². The molecule has 134 valence electrons. The molecule has 0 atom stereocenters. The number of carbonyl (C=O) groups excluding carboxylic acids is 2. The van der Waals surface area contributed by atoms with Crippen LogP contribution in [0.1, 0.15) is 37.7 Å². The van der Waals surface area contributed by atoms with E-state index in [1.165, 1.54) is 12.1 Å². The summed E-state index contributed by atoms with van der Waals surface area (Å²) in [4.78, 5) is 24.7. The van der Waals surface area contributed by atoms with Gasteiger partial charge in [0, 0.05) is 17.3 Å². The molecule has 0 spiro atoms. The Morgan fingerprint density at radius 3 is 1.96 bits per heavy atom. The van der Waals surface area contributed by atoms with Crippen molar-refractivity contribution in [1.82, 2.24) is 0 Å². The molecule has 2 N–H and O–H groups in total. The third-order valence-electron chi connectivity index (χ3n) is 5.40. The lowest BCUT2D eigenvalue weighted by Gasteiger charge is -2.40. The first kappa shape index (κ1) is 16.8. The van der Waals surface area contributed by atoms with Gasteiger partial charge in [-0.1, -0.05) is 18.6 Å². The second-order valence-corrected chi connectivity index (χ2v) is 7.24. The molecule has 2 aromatic carbocycles. The van der Waals surface area contributed by atoms with Crippen LogP contribution >= 0.6 is 0 Å². The van der Waals surface area contributed by atoms with Crippen molar-refractivity contribution < 1.29 is 14.0 Å². The highest BCUT2D eigenvalue weighted by molar-refractivity contribution is 6.00. The van der Waals surface area contributed by atoms with Gasteiger partial charge in [-0.05, 0) is 67.6 Å². The van der Waals surface area contributed by atoms with E-state index in [4.69, 9.17) is 0 Å². The minimum atomic E-state index is -0.577. The Labute approximate surface area is 151 Å². The molecule has 2 saturated carbocycles. The lowest BCUT2D eigenvalue weighted by Crippen LogP contribution is -2.46. The molecule has 0 heterocycles. The summed E-state index contributed by atoms with van der Waals surface area (Å²) in [5.41, 5.74) is 1.70. The van der Waals surface area contributed by atoms with Gasteiger partial charge in [0.05, 0.1) is 5.41 Å². The number of amides is 2. The van der Waals surface area contributed by atoms with Gasteiger partial charge in [-0.15, -0.1) is 0 Å². The molecule has 2 fully saturated rings. The molecule has 0 saturated heterocycles. The van der Waals surface area contributed by atoms with E-state index in [0.717, 1.165) is 43.4 Å². The van der Waals surface area contributed by atoms with Crippen LogP contribution in [0.15, 0.2) is 48.5 Å². The Morgan fingerprint density at radius 2 is 1.46 bits per heavy atom. The Kier molecular flexibility index (Phi) is 4.23. The van der Waals surface area contributed by atoms with Gasteiger partial charge in [0.25, 0.3) is 0 Å². The standard InChI is InChI=1S/C21H21FN2O2/c22-16-6-4-15(5-7-16)21(12-1-13-21)20(26)24-18-10-8-17(9-11-18)23-19(25)14-2-3-14/h4-11,14H,1-3,12-13H2,(H,23,25)(H,24,26). The molecular weight excluding hydrogens is 331 g/mol. The fraction of sp³-hybridized carbons (Fsp3) is 0.333. The third-order valence-corrected chi connectivity index (χ3v) is 5.40. The van der Waals surface area contributed by atoms with Crippen LogP contribution in [-0.2, 0) is 15.0 Å². The van der Waals surface area contributed by atoms with Crippen molar-refractivity contribution in [3.05, 3.63) is 59.9 Å². The Balaban J connectivity index is 1.44. The zero-order valence-electron chi connectivity index (χ0n) is 14.4. The highest BCUT2D eigenvalue weighted by Crippen LogP contribution is 2.44. The second kappa shape index (κ2) is 6.56. The molecule has 2 aliphatic rings. The maximum atomic E-state index is 13.2. The first-order valence-corrected chi connectivity index (χ1v) is 9.05. The minimum Gasteiger partial charge on any atom is -0.326 e. The average molecular weight is 352 g/mol. The van der Waals surface area contributed by atoms with Crippen molar-refractivity contribution in [2.45, 2.75) is 37.5 Å². The maximum absolute atomic E-state index is 13.2. The highest BCUT2D eigenvalue weighted by atomic mass is 19.1. The minimum absolute atomic E-state index is 0.0616. The van der Waals surface area contributed by atoms with Crippen LogP contribution < -0.4 is 10.6 Å². The predicted octanol–water partition coefficient (Wildman–Crippen LogP) is 4.23. The van der Waals surface area contributed by atoms with Crippen LogP contribution in [0.5, 0.6) is 0 Å². The fourth-order valence-electron chi connectivity index (χ4n) is 3.42. The molecule has 2 aromatic rings. The summed E-state index contributed by atoms with van der Waals surface area (Å²) in [6, 6.07) is 13.4. The Morgan fingerprint density at radius 1 is 0.885 bits per heavy atom. The SMILES string of the molecule is O=C(Nc1ccc(NC(=O)C2(c3ccc(F)cc3)CCC2)cc1)C1CC1. The molecule has 0 unspecified atom stereocenters. The van der Waals surface area contributed by atoms with Gasteiger partial charge in [-0.2, -0.15) is 0 Å². The summed E-state index contributed by atoms with van der Waals surface area (Å²) in [6.45, 7) is 0. The molecule has 2 aliphatic carbocycles. The molecule has 4 rings (SSSR count). The number of halogens is 1. The largest absolute Gasteiger partial charge is 0.326 e. The lowest BCUT2D eigenvalue weighted by molar-refractivity contribution is -0.124. The summed E-state index contributed by atoms with van der Waals surface area (Å²) in [7, 11) is 0. The summed E-state index contributed by atoms with van der Waals surface area (Å²) in [6.07, 6.45) is 4.44. The van der Waals surface area contributed by atoms with Crippen molar-refractivity contribution in [1.29, 1.82) is 0 Å². The lowest BCUT2D eigenvalue weighted by atomic mass is 9.64. The number of nitrogens with one attached hydrogen (secondary N) is 2. The van der Waals surface area contributed by atoms with Crippen LogP contribution in [-0.4, -0.2) is 11.8 Å². The molecule has 26 heavy (non-hydrogen) atoms. The van der Waals surface area contributed by atoms with Crippen LogP contribution in [0.4, 0.5) is 15.8 Å². The van der Waals surface area contributed by atoms with Crippen molar-refractivity contribution in [3.8, 4) is 0 Å². The molecule has 0 radical (unpaired) electrons. The van der Waals surface area contributed by atoms with Gasteiger partial charge in [0.2, 0.25) is 11.8 Å². The molecule has 0 aromatic heterocycles. The van der Waals surface area contributed by atoms with Crippen molar-refractivity contribution in [2.24, 2.45) is 5.92 Å². The van der Waals surface area contributed by atoms with Crippen LogP contribution in [0.3, 0.4) is 0 Å². The first-order valence-electron chi connectivity index (χ1n) is 9.05. The molecular formula is C21H21FN2O2. The third kappa shape index (κ3) is 3.21. The smallest absolute Gasteiger partial charge is 0.235 e. The van der Waals surface area contributed by atoms with E-state index in [1.54, 1.807) is 36.4 Å². The van der Waals surface area contributed by atoms with Crippen molar-refractivity contribution in [3.63, 3.8) is 0 Å². The van der Waals surface area contributed by atoms with Gasteiger partial charge in [0.15, 0.2) is 0 Å². The molecule has 5 heteroatoms. The maximum Gasteiger partial charge on any atom is 0.235 e. The van der Waals surface area contributed by atoms with Crippen molar-refractivity contribution >= 4 is 23.2 Å². The van der Waals surface area contributed by atoms with Gasteiger partial charge in [0.1, 0.15) is 5.82 Å². The van der Waals surface area contributed by atoms with Crippen LogP contribution in [0.2, 0.25) is 0 Å². The summed E-state index contributed by atoms with van der Waals surface area (Å²) in [5, 5.41) is 5.85. The monoisotopic (exact) mass is 352 g/mol. The molecule has 0 bridgehead atoms. The van der Waals surface area contributed by atoms with Gasteiger partial charge < -0.3 is 10.6 Å². The van der Waals surface area contributed by atoms with E-state index < -0.39 is 5.41 Å². The topological polar surface area (TPSA) is 58.2 Å². The van der Waals surface area contributed by atoms with Gasteiger partial charge >= 0.3 is 0 Å². The first-order chi connectivity index (χ1) is 12.6. The van der Waals surface area contributed by atoms with E-state index in [-0.39, 0.29) is 23.5 Å². The number of rotatable bonds is 5. The van der Waals surface area contributed by atoms with E-state index >= 15 is 0 Å². The normalized spacial score (nSPS) is 17.9. The Bertz CT molecular complexity index is 822. The summed E-state index contributed by atoms with van der Waals surface area (Å²) >= 11 is 0. The number of benzene rings is 2. The quantitative estimate of drug-likeness (QED) is 0.846. The number of anilines is 2. The van der Waals surface area contributed by atoms with Gasteiger partial charge in [-0.3, -0.25) is 9.59 Å². The fourth-order valence-corrected chi connectivity index (χ4v) is 3.42. The van der Waals surface area contributed by atoms with Crippen LogP contribution in [0, 0.1) is 11.7 Å². The van der Waals surface area contributed by atoms with E-state index in [2.05, 4.69) is 10.6 Å². The van der Waals surface area contributed by atoms with E-state index in [9.17, 15) is 14.0 Å². The summed E-state index contributed by atoms with van der Waals surface area (Å²) in [5.74, 6) is -0.146. The van der Waals surface area contributed by atoms with Gasteiger partial charge in [-0.25, -0.2) is 4.39 Å². The molecule has 2 amide bonds. The predicted molar refractivity (Wildman–Crippen MR) is 98.4 cm³/mol.